The molecule has 0 saturated carbocycles. The number of carboxylic acid groups (broad SMARTS) is 1. The highest BCUT2D eigenvalue weighted by atomic mass is 79.9. The molecule has 1 unspecified atom stereocenters. The number of halogens is 2. The van der Waals surface area contributed by atoms with Crippen molar-refractivity contribution in [2.24, 2.45) is 5.92 Å². The van der Waals surface area contributed by atoms with Gasteiger partial charge in [0.05, 0.1) is 5.56 Å². The summed E-state index contributed by atoms with van der Waals surface area (Å²) in [5, 5.41) is 11.3. The highest BCUT2D eigenvalue weighted by Gasteiger charge is 2.23. The molecule has 6 heteroatoms. The summed E-state index contributed by atoms with van der Waals surface area (Å²) in [5.74, 6) is -2.44. The first-order valence-corrected chi connectivity index (χ1v) is 6.59. The van der Waals surface area contributed by atoms with E-state index in [2.05, 4.69) is 21.2 Å². The van der Waals surface area contributed by atoms with Gasteiger partial charge in [0.25, 0.3) is 5.91 Å². The number of amides is 1. The normalized spacial score (nSPS) is 12.3. The van der Waals surface area contributed by atoms with E-state index in [1.165, 1.54) is 12.1 Å². The van der Waals surface area contributed by atoms with Crippen molar-refractivity contribution in [2.75, 3.05) is 0 Å². The molecule has 104 valence electrons. The molecule has 1 amide bonds. The number of carboxylic acids is 1. The van der Waals surface area contributed by atoms with Crippen molar-refractivity contribution in [2.45, 2.75) is 26.3 Å². The Morgan fingerprint density at radius 1 is 1.42 bits per heavy atom. The Bertz CT molecular complexity index is 491. The largest absolute Gasteiger partial charge is 0.480 e. The molecule has 0 saturated heterocycles. The molecule has 4 nitrogen and oxygen atoms in total. The van der Waals surface area contributed by atoms with Crippen LogP contribution in [0.3, 0.4) is 0 Å². The second-order valence-electron chi connectivity index (χ2n) is 4.62. The zero-order valence-corrected chi connectivity index (χ0v) is 12.2. The summed E-state index contributed by atoms with van der Waals surface area (Å²) < 4.78 is 14.1. The maximum Gasteiger partial charge on any atom is 0.326 e. The van der Waals surface area contributed by atoms with Gasteiger partial charge in [-0.15, -0.1) is 0 Å². The van der Waals surface area contributed by atoms with E-state index < -0.39 is 23.7 Å². The van der Waals surface area contributed by atoms with Crippen LogP contribution < -0.4 is 5.32 Å². The predicted molar refractivity (Wildman–Crippen MR) is 72.4 cm³/mol. The van der Waals surface area contributed by atoms with Crippen molar-refractivity contribution in [3.63, 3.8) is 0 Å². The second kappa shape index (κ2) is 6.65. The quantitative estimate of drug-likeness (QED) is 0.871. The fourth-order valence-electron chi connectivity index (χ4n) is 1.60. The molecule has 1 aromatic carbocycles. The summed E-state index contributed by atoms with van der Waals surface area (Å²) in [5.41, 5.74) is -0.168. The minimum atomic E-state index is -1.13. The molecule has 2 N–H and O–H groups in total. The van der Waals surface area contributed by atoms with Gasteiger partial charge in [-0.05, 0) is 30.5 Å². The lowest BCUT2D eigenvalue weighted by molar-refractivity contribution is -0.139. The molecule has 1 rings (SSSR count). The summed E-state index contributed by atoms with van der Waals surface area (Å²) in [6.07, 6.45) is 0.291. The van der Waals surface area contributed by atoms with Gasteiger partial charge >= 0.3 is 5.97 Å². The van der Waals surface area contributed by atoms with Crippen LogP contribution in [0.4, 0.5) is 4.39 Å². The molecule has 1 atom stereocenters. The number of nitrogens with one attached hydrogen (secondary N) is 1. The Morgan fingerprint density at radius 3 is 2.53 bits per heavy atom. The minimum absolute atomic E-state index is 0.108. The molecule has 0 aliphatic carbocycles. The zero-order chi connectivity index (χ0) is 14.6. The van der Waals surface area contributed by atoms with Gasteiger partial charge in [-0.3, -0.25) is 4.79 Å². The Labute approximate surface area is 119 Å². The maximum atomic E-state index is 13.6. The molecule has 0 aliphatic heterocycles. The molecule has 19 heavy (non-hydrogen) atoms. The first-order chi connectivity index (χ1) is 8.81. The topological polar surface area (TPSA) is 66.4 Å². The molecule has 0 fully saturated rings. The monoisotopic (exact) mass is 331 g/mol. The van der Waals surface area contributed by atoms with Crippen molar-refractivity contribution in [3.05, 3.63) is 34.1 Å². The highest BCUT2D eigenvalue weighted by molar-refractivity contribution is 9.10. The minimum Gasteiger partial charge on any atom is -0.480 e. The number of benzene rings is 1. The van der Waals surface area contributed by atoms with Gasteiger partial charge in [0.2, 0.25) is 0 Å². The Hall–Kier alpha value is -1.43. The third-order valence-corrected chi connectivity index (χ3v) is 2.98. The van der Waals surface area contributed by atoms with Crippen molar-refractivity contribution < 1.29 is 19.1 Å². The van der Waals surface area contributed by atoms with Crippen LogP contribution in [0.25, 0.3) is 0 Å². The molecule has 1 aromatic rings. The number of carbonyl (C=O) groups excluding carboxylic acids is 1. The van der Waals surface area contributed by atoms with Gasteiger partial charge in [0.15, 0.2) is 0 Å². The van der Waals surface area contributed by atoms with Crippen LogP contribution in [0.5, 0.6) is 0 Å². The fourth-order valence-corrected chi connectivity index (χ4v) is 1.94. The average Bonchev–Trinajstić information content (AvgIpc) is 2.26. The second-order valence-corrected chi connectivity index (χ2v) is 5.53. The molecule has 0 heterocycles. The van der Waals surface area contributed by atoms with Crippen LogP contribution in [0.15, 0.2) is 22.7 Å². The van der Waals surface area contributed by atoms with Crippen molar-refractivity contribution in [3.8, 4) is 0 Å². The van der Waals surface area contributed by atoms with E-state index in [-0.39, 0.29) is 11.5 Å². The van der Waals surface area contributed by atoms with Gasteiger partial charge in [-0.25, -0.2) is 9.18 Å². The van der Waals surface area contributed by atoms with Crippen molar-refractivity contribution in [1.82, 2.24) is 5.32 Å². The summed E-state index contributed by atoms with van der Waals surface area (Å²) in [4.78, 5) is 22.9. The Balaban J connectivity index is 2.84. The fraction of sp³-hybridized carbons (Fsp3) is 0.385. The number of hydrogen-bond acceptors (Lipinski definition) is 2. The van der Waals surface area contributed by atoms with Crippen LogP contribution in [0.1, 0.15) is 30.6 Å². The van der Waals surface area contributed by atoms with E-state index in [0.717, 1.165) is 6.07 Å². The zero-order valence-electron chi connectivity index (χ0n) is 10.6. The smallest absolute Gasteiger partial charge is 0.326 e. The van der Waals surface area contributed by atoms with Gasteiger partial charge in [0, 0.05) is 4.47 Å². The van der Waals surface area contributed by atoms with Crippen LogP contribution in [0, 0.1) is 11.7 Å². The lowest BCUT2D eigenvalue weighted by atomic mass is 10.0. The van der Waals surface area contributed by atoms with E-state index in [1.807, 2.05) is 13.8 Å². The van der Waals surface area contributed by atoms with Gasteiger partial charge in [0.1, 0.15) is 11.9 Å². The van der Waals surface area contributed by atoms with E-state index in [4.69, 9.17) is 5.11 Å². The number of hydrogen-bond donors (Lipinski definition) is 2. The summed E-state index contributed by atoms with van der Waals surface area (Å²) in [6.45, 7) is 3.70. The molecular weight excluding hydrogens is 317 g/mol. The molecule has 0 bridgehead atoms. The van der Waals surface area contributed by atoms with E-state index in [0.29, 0.717) is 10.9 Å². The van der Waals surface area contributed by atoms with Crippen LogP contribution in [-0.2, 0) is 4.79 Å². The molecule has 0 spiro atoms. The average molecular weight is 332 g/mol. The maximum absolute atomic E-state index is 13.6. The Morgan fingerprint density at radius 2 is 2.05 bits per heavy atom. The van der Waals surface area contributed by atoms with Gasteiger partial charge in [-0.1, -0.05) is 29.8 Å². The molecule has 0 aliphatic rings. The first-order valence-electron chi connectivity index (χ1n) is 5.80. The number of rotatable bonds is 5. The van der Waals surface area contributed by atoms with Crippen LogP contribution in [0.2, 0.25) is 0 Å². The number of carbonyl (C=O) groups is 2. The Kier molecular flexibility index (Phi) is 5.47. The van der Waals surface area contributed by atoms with E-state index in [1.54, 1.807) is 0 Å². The third-order valence-electron chi connectivity index (χ3n) is 2.49. The molecular formula is C13H15BrFNO3. The van der Waals surface area contributed by atoms with E-state index >= 15 is 0 Å². The third kappa shape index (κ3) is 4.63. The van der Waals surface area contributed by atoms with Crippen molar-refractivity contribution >= 4 is 27.8 Å². The van der Waals surface area contributed by atoms with Gasteiger partial charge in [-0.2, -0.15) is 0 Å². The van der Waals surface area contributed by atoms with Gasteiger partial charge < -0.3 is 10.4 Å². The van der Waals surface area contributed by atoms with E-state index in [9.17, 15) is 14.0 Å². The summed E-state index contributed by atoms with van der Waals surface area (Å²) >= 11 is 3.09. The summed E-state index contributed by atoms with van der Waals surface area (Å²) in [6, 6.07) is 2.97. The molecule has 0 radical (unpaired) electrons. The van der Waals surface area contributed by atoms with Crippen LogP contribution >= 0.6 is 15.9 Å². The first kappa shape index (κ1) is 15.6. The predicted octanol–water partition coefficient (Wildman–Crippen LogP) is 2.82. The van der Waals surface area contributed by atoms with Crippen LogP contribution in [-0.4, -0.2) is 23.0 Å². The molecule has 0 aromatic heterocycles. The number of aliphatic carboxylic acids is 1. The van der Waals surface area contributed by atoms with Crippen molar-refractivity contribution in [1.29, 1.82) is 0 Å². The lowest BCUT2D eigenvalue weighted by Crippen LogP contribution is -2.41. The summed E-state index contributed by atoms with van der Waals surface area (Å²) in [7, 11) is 0. The SMILES string of the molecule is CC(C)CC(NC(=O)c1ccc(Br)cc1F)C(=O)O. The lowest BCUT2D eigenvalue weighted by Gasteiger charge is -2.16. The highest BCUT2D eigenvalue weighted by Crippen LogP contribution is 2.15. The standard InChI is InChI=1S/C13H15BrFNO3/c1-7(2)5-11(13(18)19)16-12(17)9-4-3-8(14)6-10(9)15/h3-4,6-7,11H,5H2,1-2H3,(H,16,17)(H,18,19).